The van der Waals surface area contributed by atoms with Crippen LogP contribution in [0, 0.1) is 11.8 Å². The van der Waals surface area contributed by atoms with E-state index in [4.69, 9.17) is 4.74 Å². The average Bonchev–Trinajstić information content (AvgIpc) is 2.77. The fourth-order valence-corrected chi connectivity index (χ4v) is 2.75. The maximum atomic E-state index is 12.5. The Morgan fingerprint density at radius 2 is 1.83 bits per heavy atom. The normalized spacial score (nSPS) is 19.8. The molecular weight excluding hydrogens is 308 g/mol. The van der Waals surface area contributed by atoms with E-state index in [9.17, 15) is 14.4 Å². The molecule has 1 aliphatic rings. The lowest BCUT2D eigenvalue weighted by Gasteiger charge is -2.26. The number of carbonyl (C=O) groups excluding carboxylic acids is 3. The minimum absolute atomic E-state index is 0.0113. The number of hydrogen-bond donors (Lipinski definition) is 1. The van der Waals surface area contributed by atoms with Gasteiger partial charge in [-0.05, 0) is 47.0 Å². The van der Waals surface area contributed by atoms with E-state index in [-0.39, 0.29) is 30.2 Å². The highest BCUT2D eigenvalue weighted by atomic mass is 16.6. The van der Waals surface area contributed by atoms with Crippen LogP contribution in [0.5, 0.6) is 0 Å². The van der Waals surface area contributed by atoms with Crippen molar-refractivity contribution in [2.45, 2.75) is 79.0 Å². The number of nitrogens with zero attached hydrogens (tertiary/aromatic N) is 1. The monoisotopic (exact) mass is 340 g/mol. The molecule has 0 saturated carbocycles. The summed E-state index contributed by atoms with van der Waals surface area (Å²) in [5.41, 5.74) is -0.602. The molecule has 0 aromatic rings. The van der Waals surface area contributed by atoms with E-state index in [1.807, 2.05) is 27.7 Å². The van der Waals surface area contributed by atoms with Crippen LogP contribution in [0.25, 0.3) is 0 Å². The van der Waals surface area contributed by atoms with Gasteiger partial charge in [-0.1, -0.05) is 13.8 Å². The minimum Gasteiger partial charge on any atom is -0.458 e. The number of ether oxygens (including phenoxy) is 1. The number of likely N-dealkylation sites (tertiary alicyclic amines) is 1. The van der Waals surface area contributed by atoms with Gasteiger partial charge >= 0.3 is 5.97 Å². The van der Waals surface area contributed by atoms with Gasteiger partial charge in [0.05, 0.1) is 5.92 Å². The van der Waals surface area contributed by atoms with E-state index in [1.54, 1.807) is 25.7 Å². The Morgan fingerprint density at radius 1 is 1.25 bits per heavy atom. The second-order valence-corrected chi connectivity index (χ2v) is 8.27. The molecule has 1 heterocycles. The summed E-state index contributed by atoms with van der Waals surface area (Å²) in [7, 11) is 0. The van der Waals surface area contributed by atoms with Crippen molar-refractivity contribution >= 4 is 17.8 Å². The Hall–Kier alpha value is -1.59. The summed E-state index contributed by atoms with van der Waals surface area (Å²) in [5, 5.41) is 2.80. The average molecular weight is 340 g/mol. The van der Waals surface area contributed by atoms with Gasteiger partial charge in [0, 0.05) is 19.0 Å². The first-order valence-electron chi connectivity index (χ1n) is 8.73. The van der Waals surface area contributed by atoms with Crippen LogP contribution in [0.4, 0.5) is 0 Å². The number of carbonyl (C=O) groups is 3. The van der Waals surface area contributed by atoms with Crippen LogP contribution in [-0.4, -0.2) is 46.9 Å². The molecule has 138 valence electrons. The largest absolute Gasteiger partial charge is 0.458 e. The lowest BCUT2D eigenvalue weighted by atomic mass is 10.0. The molecule has 0 unspecified atom stereocenters. The topological polar surface area (TPSA) is 75.7 Å². The molecule has 0 bridgehead atoms. The lowest BCUT2D eigenvalue weighted by Crippen LogP contribution is -2.47. The van der Waals surface area contributed by atoms with Crippen molar-refractivity contribution in [3.05, 3.63) is 0 Å². The molecule has 1 saturated heterocycles. The van der Waals surface area contributed by atoms with E-state index in [1.165, 1.54) is 0 Å². The highest BCUT2D eigenvalue weighted by Gasteiger charge is 2.37. The third-order valence-corrected chi connectivity index (χ3v) is 3.87. The summed E-state index contributed by atoms with van der Waals surface area (Å²) in [5.74, 6) is -0.849. The van der Waals surface area contributed by atoms with Crippen molar-refractivity contribution in [2.75, 3.05) is 6.54 Å². The Labute approximate surface area is 145 Å². The first-order valence-corrected chi connectivity index (χ1v) is 8.73. The molecule has 2 amide bonds. The van der Waals surface area contributed by atoms with E-state index >= 15 is 0 Å². The molecular formula is C18H32N2O4. The molecule has 2 atom stereocenters. The Balaban J connectivity index is 2.74. The molecule has 0 aromatic carbocycles. The van der Waals surface area contributed by atoms with Crippen molar-refractivity contribution < 1.29 is 19.1 Å². The van der Waals surface area contributed by atoms with Gasteiger partial charge in [0.15, 0.2) is 0 Å². The van der Waals surface area contributed by atoms with Gasteiger partial charge in [-0.15, -0.1) is 0 Å². The molecule has 0 aliphatic carbocycles. The van der Waals surface area contributed by atoms with Crippen molar-refractivity contribution in [2.24, 2.45) is 11.8 Å². The first kappa shape index (κ1) is 20.5. The van der Waals surface area contributed by atoms with Crippen LogP contribution >= 0.6 is 0 Å². The van der Waals surface area contributed by atoms with Crippen LogP contribution < -0.4 is 5.32 Å². The lowest BCUT2D eigenvalue weighted by molar-refractivity contribution is -0.159. The van der Waals surface area contributed by atoms with Crippen LogP contribution in [0.1, 0.15) is 61.3 Å². The minimum atomic E-state index is -0.681. The SMILES string of the molecule is CC(C)C[C@@H](NC(=O)[C@@H]1CC(=O)N(C(C)C)C1)C(=O)OC(C)(C)C. The van der Waals surface area contributed by atoms with Crippen molar-refractivity contribution in [1.82, 2.24) is 10.2 Å². The second kappa shape index (κ2) is 7.99. The molecule has 1 fully saturated rings. The van der Waals surface area contributed by atoms with Crippen molar-refractivity contribution in [3.8, 4) is 0 Å². The van der Waals surface area contributed by atoms with E-state index < -0.39 is 23.5 Å². The number of nitrogens with one attached hydrogen (secondary N) is 1. The molecule has 0 aromatic heterocycles. The van der Waals surface area contributed by atoms with Gasteiger partial charge < -0.3 is 15.0 Å². The molecule has 1 aliphatic heterocycles. The molecule has 0 spiro atoms. The first-order chi connectivity index (χ1) is 10.9. The zero-order chi connectivity index (χ0) is 18.7. The summed E-state index contributed by atoms with van der Waals surface area (Å²) >= 11 is 0. The molecule has 0 radical (unpaired) electrons. The van der Waals surface area contributed by atoms with Crippen molar-refractivity contribution in [1.29, 1.82) is 0 Å². The predicted molar refractivity (Wildman–Crippen MR) is 92.2 cm³/mol. The zero-order valence-corrected chi connectivity index (χ0v) is 16.0. The highest BCUT2D eigenvalue weighted by molar-refractivity contribution is 5.91. The molecule has 1 rings (SSSR count). The van der Waals surface area contributed by atoms with Crippen LogP contribution in [0.2, 0.25) is 0 Å². The van der Waals surface area contributed by atoms with E-state index in [2.05, 4.69) is 5.32 Å². The van der Waals surface area contributed by atoms with Gasteiger partial charge in [-0.2, -0.15) is 0 Å². The van der Waals surface area contributed by atoms with E-state index in [0.29, 0.717) is 13.0 Å². The van der Waals surface area contributed by atoms with Crippen molar-refractivity contribution in [3.63, 3.8) is 0 Å². The standard InChI is InChI=1S/C18H32N2O4/c1-11(2)8-14(17(23)24-18(5,6)7)19-16(22)13-9-15(21)20(10-13)12(3)4/h11-14H,8-10H2,1-7H3,(H,19,22)/t13-,14-/m1/s1. The summed E-state index contributed by atoms with van der Waals surface area (Å²) < 4.78 is 5.41. The maximum Gasteiger partial charge on any atom is 0.329 e. The molecule has 1 N–H and O–H groups in total. The van der Waals surface area contributed by atoms with Gasteiger partial charge in [0.1, 0.15) is 11.6 Å². The predicted octanol–water partition coefficient (Wildman–Crippen LogP) is 2.12. The quantitative estimate of drug-likeness (QED) is 0.752. The van der Waals surface area contributed by atoms with Crippen LogP contribution in [0.3, 0.4) is 0 Å². The van der Waals surface area contributed by atoms with Crippen LogP contribution in [0.15, 0.2) is 0 Å². The van der Waals surface area contributed by atoms with Crippen LogP contribution in [-0.2, 0) is 19.1 Å². The molecule has 24 heavy (non-hydrogen) atoms. The Morgan fingerprint density at radius 3 is 2.25 bits per heavy atom. The summed E-state index contributed by atoms with van der Waals surface area (Å²) in [6, 6.07) is -0.604. The van der Waals surface area contributed by atoms with Gasteiger partial charge in [0.25, 0.3) is 0 Å². The molecule has 6 heteroatoms. The summed E-state index contributed by atoms with van der Waals surface area (Å²) in [4.78, 5) is 38.6. The summed E-state index contributed by atoms with van der Waals surface area (Å²) in [6.45, 7) is 13.7. The Kier molecular flexibility index (Phi) is 6.81. The fourth-order valence-electron chi connectivity index (χ4n) is 2.75. The number of hydrogen-bond acceptors (Lipinski definition) is 4. The maximum absolute atomic E-state index is 12.5. The number of amides is 2. The highest BCUT2D eigenvalue weighted by Crippen LogP contribution is 2.21. The summed E-state index contributed by atoms with van der Waals surface area (Å²) in [6.07, 6.45) is 0.710. The van der Waals surface area contributed by atoms with Gasteiger partial charge in [0.2, 0.25) is 11.8 Å². The third kappa shape index (κ3) is 6.13. The Bertz CT molecular complexity index is 480. The second-order valence-electron chi connectivity index (χ2n) is 8.27. The number of rotatable bonds is 6. The van der Waals surface area contributed by atoms with Gasteiger partial charge in [-0.3, -0.25) is 9.59 Å². The smallest absolute Gasteiger partial charge is 0.329 e. The number of esters is 1. The fraction of sp³-hybridized carbons (Fsp3) is 0.833. The van der Waals surface area contributed by atoms with E-state index in [0.717, 1.165) is 0 Å². The molecule has 6 nitrogen and oxygen atoms in total. The zero-order valence-electron chi connectivity index (χ0n) is 16.0. The third-order valence-electron chi connectivity index (χ3n) is 3.87. The van der Waals surface area contributed by atoms with Gasteiger partial charge in [-0.25, -0.2) is 4.79 Å².